The van der Waals surface area contributed by atoms with E-state index in [2.05, 4.69) is 41.2 Å². The molecule has 3 aromatic rings. The van der Waals surface area contributed by atoms with Gasteiger partial charge in [0.2, 0.25) is 0 Å². The minimum atomic E-state index is -0.0790. The topological polar surface area (TPSA) is 54.5 Å². The summed E-state index contributed by atoms with van der Waals surface area (Å²) in [6.45, 7) is 6.92. The van der Waals surface area contributed by atoms with Gasteiger partial charge in [0.15, 0.2) is 0 Å². The van der Waals surface area contributed by atoms with Crippen molar-refractivity contribution in [2.24, 2.45) is 0 Å². The van der Waals surface area contributed by atoms with Crippen LogP contribution in [0.25, 0.3) is 0 Å². The van der Waals surface area contributed by atoms with Gasteiger partial charge >= 0.3 is 0 Å². The molecule has 0 radical (unpaired) electrons. The van der Waals surface area contributed by atoms with Crippen LogP contribution < -0.4 is 15.0 Å². The highest BCUT2D eigenvalue weighted by molar-refractivity contribution is 5.94. The van der Waals surface area contributed by atoms with Crippen molar-refractivity contribution >= 4 is 11.6 Å². The van der Waals surface area contributed by atoms with E-state index in [9.17, 15) is 4.79 Å². The second-order valence-electron chi connectivity index (χ2n) is 6.80. The standard InChI is InChI=1S/C24H27N3O2/c1-3-27(23-9-5-4-7-19(23)2)16-15-26-24(28)21-10-12-22(13-11-21)29-18-20-8-6-14-25-17-20/h4-14,17H,3,15-16,18H2,1-2H3,(H,26,28). The number of nitrogens with one attached hydrogen (secondary N) is 1. The summed E-state index contributed by atoms with van der Waals surface area (Å²) in [5, 5.41) is 3.00. The molecule has 0 spiro atoms. The Balaban J connectivity index is 1.48. The third kappa shape index (κ3) is 5.82. The second kappa shape index (κ2) is 10.3. The first-order valence-corrected chi connectivity index (χ1v) is 9.88. The third-order valence-corrected chi connectivity index (χ3v) is 4.75. The number of likely N-dealkylation sites (N-methyl/N-ethyl adjacent to an activating group) is 1. The Morgan fingerprint density at radius 3 is 2.55 bits per heavy atom. The molecule has 0 saturated heterocycles. The van der Waals surface area contributed by atoms with Gasteiger partial charge in [-0.15, -0.1) is 0 Å². The van der Waals surface area contributed by atoms with E-state index in [4.69, 9.17) is 4.74 Å². The predicted molar refractivity (Wildman–Crippen MR) is 116 cm³/mol. The Bertz CT molecular complexity index is 911. The summed E-state index contributed by atoms with van der Waals surface area (Å²) in [4.78, 5) is 18.8. The van der Waals surface area contributed by atoms with E-state index < -0.39 is 0 Å². The fourth-order valence-corrected chi connectivity index (χ4v) is 3.13. The van der Waals surface area contributed by atoms with E-state index in [1.165, 1.54) is 11.3 Å². The number of rotatable bonds is 9. The number of nitrogens with zero attached hydrogens (tertiary/aromatic N) is 2. The second-order valence-corrected chi connectivity index (χ2v) is 6.80. The zero-order valence-electron chi connectivity index (χ0n) is 17.0. The molecule has 150 valence electrons. The Labute approximate surface area is 172 Å². The number of anilines is 1. The maximum atomic E-state index is 12.4. The largest absolute Gasteiger partial charge is 0.489 e. The molecule has 1 N–H and O–H groups in total. The lowest BCUT2D eigenvalue weighted by Gasteiger charge is -2.25. The molecule has 0 atom stereocenters. The summed E-state index contributed by atoms with van der Waals surface area (Å²) in [6, 6.07) is 19.4. The number of hydrogen-bond acceptors (Lipinski definition) is 4. The molecule has 2 aromatic carbocycles. The van der Waals surface area contributed by atoms with Crippen LogP contribution in [0.4, 0.5) is 5.69 Å². The smallest absolute Gasteiger partial charge is 0.251 e. The van der Waals surface area contributed by atoms with Crippen molar-refractivity contribution in [2.45, 2.75) is 20.5 Å². The number of carbonyl (C=O) groups is 1. The Morgan fingerprint density at radius 2 is 1.86 bits per heavy atom. The molecular weight excluding hydrogens is 362 g/mol. The normalized spacial score (nSPS) is 10.4. The van der Waals surface area contributed by atoms with Gasteiger partial charge in [0.05, 0.1) is 0 Å². The molecule has 5 nitrogen and oxygen atoms in total. The SMILES string of the molecule is CCN(CCNC(=O)c1ccc(OCc2cccnc2)cc1)c1ccccc1C. The van der Waals surface area contributed by atoms with Crippen molar-refractivity contribution in [3.8, 4) is 5.75 Å². The monoisotopic (exact) mass is 389 g/mol. The highest BCUT2D eigenvalue weighted by Crippen LogP contribution is 2.18. The molecule has 0 bridgehead atoms. The van der Waals surface area contributed by atoms with Crippen LogP contribution in [-0.2, 0) is 6.61 Å². The molecule has 1 heterocycles. The van der Waals surface area contributed by atoms with Crippen LogP contribution in [-0.4, -0.2) is 30.5 Å². The van der Waals surface area contributed by atoms with Gasteiger partial charge in [-0.3, -0.25) is 9.78 Å². The number of carbonyl (C=O) groups excluding carboxylic acids is 1. The first kappa shape index (κ1) is 20.4. The number of para-hydroxylation sites is 1. The molecule has 0 aliphatic carbocycles. The highest BCUT2D eigenvalue weighted by Gasteiger charge is 2.09. The van der Waals surface area contributed by atoms with E-state index in [0.717, 1.165) is 24.4 Å². The maximum Gasteiger partial charge on any atom is 0.251 e. The number of aromatic nitrogens is 1. The fourth-order valence-electron chi connectivity index (χ4n) is 3.13. The summed E-state index contributed by atoms with van der Waals surface area (Å²) in [7, 11) is 0. The average Bonchev–Trinajstić information content (AvgIpc) is 2.77. The first-order chi connectivity index (χ1) is 14.2. The Kier molecular flexibility index (Phi) is 7.22. The van der Waals surface area contributed by atoms with Crippen LogP contribution in [0.15, 0.2) is 73.1 Å². The molecule has 1 amide bonds. The minimum absolute atomic E-state index is 0.0790. The molecule has 29 heavy (non-hydrogen) atoms. The van der Waals surface area contributed by atoms with Gasteiger partial charge in [-0.05, 0) is 55.8 Å². The fraction of sp³-hybridized carbons (Fsp3) is 0.250. The third-order valence-electron chi connectivity index (χ3n) is 4.75. The molecule has 5 heteroatoms. The summed E-state index contributed by atoms with van der Waals surface area (Å²) in [5.74, 6) is 0.645. The van der Waals surface area contributed by atoms with E-state index in [1.807, 2.05) is 36.4 Å². The van der Waals surface area contributed by atoms with Crippen LogP contribution in [0.5, 0.6) is 5.75 Å². The summed E-state index contributed by atoms with van der Waals surface area (Å²) in [6.07, 6.45) is 3.51. The number of amides is 1. The van der Waals surface area contributed by atoms with Crippen LogP contribution in [0.2, 0.25) is 0 Å². The number of pyridine rings is 1. The maximum absolute atomic E-state index is 12.4. The van der Waals surface area contributed by atoms with Crippen molar-refractivity contribution in [3.05, 3.63) is 89.7 Å². The average molecular weight is 389 g/mol. The van der Waals surface area contributed by atoms with Crippen molar-refractivity contribution in [2.75, 3.05) is 24.5 Å². The van der Waals surface area contributed by atoms with Crippen LogP contribution >= 0.6 is 0 Å². The summed E-state index contributed by atoms with van der Waals surface area (Å²) in [5.41, 5.74) is 4.07. The van der Waals surface area contributed by atoms with Gasteiger partial charge in [0.1, 0.15) is 12.4 Å². The van der Waals surface area contributed by atoms with E-state index in [-0.39, 0.29) is 5.91 Å². The van der Waals surface area contributed by atoms with Crippen LogP contribution in [0.3, 0.4) is 0 Å². The van der Waals surface area contributed by atoms with E-state index in [0.29, 0.717) is 18.7 Å². The summed E-state index contributed by atoms with van der Waals surface area (Å²) >= 11 is 0. The molecule has 3 rings (SSSR count). The van der Waals surface area contributed by atoms with Crippen molar-refractivity contribution in [3.63, 3.8) is 0 Å². The molecule has 0 aliphatic rings. The van der Waals surface area contributed by atoms with Gasteiger partial charge in [-0.2, -0.15) is 0 Å². The van der Waals surface area contributed by atoms with Crippen molar-refractivity contribution < 1.29 is 9.53 Å². The lowest BCUT2D eigenvalue weighted by molar-refractivity contribution is 0.0954. The van der Waals surface area contributed by atoms with Gasteiger partial charge in [0.25, 0.3) is 5.91 Å². The number of hydrogen-bond donors (Lipinski definition) is 1. The molecule has 0 aliphatic heterocycles. The Morgan fingerprint density at radius 1 is 1.07 bits per heavy atom. The summed E-state index contributed by atoms with van der Waals surface area (Å²) < 4.78 is 5.74. The number of ether oxygens (including phenoxy) is 1. The van der Waals surface area contributed by atoms with Gasteiger partial charge in [-0.25, -0.2) is 0 Å². The highest BCUT2D eigenvalue weighted by atomic mass is 16.5. The van der Waals surface area contributed by atoms with Crippen LogP contribution in [0, 0.1) is 6.92 Å². The first-order valence-electron chi connectivity index (χ1n) is 9.88. The lowest BCUT2D eigenvalue weighted by Crippen LogP contribution is -2.35. The van der Waals surface area contributed by atoms with Crippen molar-refractivity contribution in [1.29, 1.82) is 0 Å². The molecule has 0 saturated carbocycles. The quantitative estimate of drug-likeness (QED) is 0.595. The van der Waals surface area contributed by atoms with Crippen LogP contribution in [0.1, 0.15) is 28.4 Å². The van der Waals surface area contributed by atoms with Gasteiger partial charge in [0, 0.05) is 48.8 Å². The van der Waals surface area contributed by atoms with Gasteiger partial charge in [-0.1, -0.05) is 24.3 Å². The molecule has 1 aromatic heterocycles. The van der Waals surface area contributed by atoms with Gasteiger partial charge < -0.3 is 15.0 Å². The molecule has 0 fully saturated rings. The lowest BCUT2D eigenvalue weighted by atomic mass is 10.2. The predicted octanol–water partition coefficient (Wildman–Crippen LogP) is 4.23. The Hall–Kier alpha value is -3.34. The van der Waals surface area contributed by atoms with E-state index in [1.54, 1.807) is 24.5 Å². The molecular formula is C24H27N3O2. The zero-order valence-corrected chi connectivity index (χ0v) is 17.0. The number of benzene rings is 2. The van der Waals surface area contributed by atoms with E-state index >= 15 is 0 Å². The minimum Gasteiger partial charge on any atom is -0.489 e. The zero-order chi connectivity index (χ0) is 20.5. The van der Waals surface area contributed by atoms with Crippen molar-refractivity contribution in [1.82, 2.24) is 10.3 Å². The number of aryl methyl sites for hydroxylation is 1. The molecule has 0 unspecified atom stereocenters.